The highest BCUT2D eigenvalue weighted by Gasteiger charge is 2.32. The maximum atomic E-state index is 12.5. The summed E-state index contributed by atoms with van der Waals surface area (Å²) in [6, 6.07) is 6.67. The third kappa shape index (κ3) is 3.82. The Labute approximate surface area is 112 Å². The number of halogens is 4. The largest absolute Gasteiger partial charge is 0.487 e. The standard InChI is InChI=1S/C12H8ClF3N2O/c13-11-6-9(4-5-17-11)19-7-8-2-1-3-10(18-8)12(14,15)16/h1-6H,7H2. The normalized spacial score (nSPS) is 11.4. The van der Waals surface area contributed by atoms with Crippen molar-refractivity contribution in [2.45, 2.75) is 12.8 Å². The minimum absolute atomic E-state index is 0.0791. The first kappa shape index (κ1) is 13.6. The van der Waals surface area contributed by atoms with Crippen molar-refractivity contribution in [1.29, 1.82) is 0 Å². The van der Waals surface area contributed by atoms with Gasteiger partial charge in [-0.2, -0.15) is 13.2 Å². The lowest BCUT2D eigenvalue weighted by molar-refractivity contribution is -0.141. The average Bonchev–Trinajstić information content (AvgIpc) is 2.36. The molecule has 2 rings (SSSR count). The van der Waals surface area contributed by atoms with Crippen molar-refractivity contribution in [2.24, 2.45) is 0 Å². The van der Waals surface area contributed by atoms with Gasteiger partial charge in [0.15, 0.2) is 0 Å². The molecule has 0 fully saturated rings. The summed E-state index contributed by atoms with van der Waals surface area (Å²) < 4.78 is 42.7. The van der Waals surface area contributed by atoms with Crippen LogP contribution in [-0.4, -0.2) is 9.97 Å². The molecule has 0 radical (unpaired) electrons. The van der Waals surface area contributed by atoms with Crippen LogP contribution in [0, 0.1) is 0 Å². The smallest absolute Gasteiger partial charge is 0.433 e. The predicted octanol–water partition coefficient (Wildman–Crippen LogP) is 3.73. The molecule has 0 atom stereocenters. The zero-order valence-corrected chi connectivity index (χ0v) is 10.2. The molecule has 0 spiro atoms. The number of ether oxygens (including phenoxy) is 1. The zero-order valence-electron chi connectivity index (χ0n) is 9.49. The fraction of sp³-hybridized carbons (Fsp3) is 0.167. The summed E-state index contributed by atoms with van der Waals surface area (Å²) in [7, 11) is 0. The highest BCUT2D eigenvalue weighted by molar-refractivity contribution is 6.29. The van der Waals surface area contributed by atoms with Gasteiger partial charge in [0, 0.05) is 12.3 Å². The fourth-order valence-electron chi connectivity index (χ4n) is 1.35. The van der Waals surface area contributed by atoms with E-state index >= 15 is 0 Å². The highest BCUT2D eigenvalue weighted by Crippen LogP contribution is 2.27. The zero-order chi connectivity index (χ0) is 13.9. The molecule has 0 aliphatic heterocycles. The minimum Gasteiger partial charge on any atom is -0.487 e. The predicted molar refractivity (Wildman–Crippen MR) is 62.8 cm³/mol. The molecule has 2 aromatic rings. The number of aromatic nitrogens is 2. The van der Waals surface area contributed by atoms with Crippen LogP contribution in [0.3, 0.4) is 0 Å². The number of rotatable bonds is 3. The molecule has 0 saturated heterocycles. The topological polar surface area (TPSA) is 35.0 Å². The lowest BCUT2D eigenvalue weighted by Crippen LogP contribution is -2.10. The van der Waals surface area contributed by atoms with Crippen LogP contribution < -0.4 is 4.74 Å². The van der Waals surface area contributed by atoms with Gasteiger partial charge in [-0.3, -0.25) is 0 Å². The lowest BCUT2D eigenvalue weighted by atomic mass is 10.3. The quantitative estimate of drug-likeness (QED) is 0.807. The van der Waals surface area contributed by atoms with Gasteiger partial charge in [-0.05, 0) is 18.2 Å². The van der Waals surface area contributed by atoms with E-state index in [1.165, 1.54) is 24.4 Å². The summed E-state index contributed by atoms with van der Waals surface area (Å²) in [6.07, 6.45) is -3.02. The van der Waals surface area contributed by atoms with E-state index in [9.17, 15) is 13.2 Å². The molecule has 7 heteroatoms. The summed E-state index contributed by atoms with van der Waals surface area (Å²) in [6.45, 7) is -0.0791. The Morgan fingerprint density at radius 2 is 2.00 bits per heavy atom. The molecule has 0 aliphatic carbocycles. The molecule has 0 amide bonds. The Balaban J connectivity index is 2.08. The van der Waals surface area contributed by atoms with E-state index in [0.29, 0.717) is 5.75 Å². The van der Waals surface area contributed by atoms with Crippen LogP contribution in [0.25, 0.3) is 0 Å². The van der Waals surface area contributed by atoms with E-state index in [0.717, 1.165) is 6.07 Å². The van der Waals surface area contributed by atoms with E-state index in [1.807, 2.05) is 0 Å². The van der Waals surface area contributed by atoms with Crippen LogP contribution in [0.4, 0.5) is 13.2 Å². The second kappa shape index (κ2) is 5.44. The Kier molecular flexibility index (Phi) is 3.90. The molecule has 0 aromatic carbocycles. The third-order valence-electron chi connectivity index (χ3n) is 2.18. The van der Waals surface area contributed by atoms with Gasteiger partial charge in [0.25, 0.3) is 0 Å². The molecule has 0 aliphatic rings. The SMILES string of the molecule is FC(F)(F)c1cccc(COc2ccnc(Cl)c2)n1. The maximum Gasteiger partial charge on any atom is 0.433 e. The van der Waals surface area contributed by atoms with Crippen molar-refractivity contribution in [3.63, 3.8) is 0 Å². The van der Waals surface area contributed by atoms with Gasteiger partial charge in [0.2, 0.25) is 0 Å². The molecule has 2 aromatic heterocycles. The molecular formula is C12H8ClF3N2O. The Bertz CT molecular complexity index is 575. The van der Waals surface area contributed by atoms with Crippen LogP contribution in [0.15, 0.2) is 36.5 Å². The second-order valence-electron chi connectivity index (χ2n) is 3.61. The number of nitrogens with zero attached hydrogens (tertiary/aromatic N) is 2. The third-order valence-corrected chi connectivity index (χ3v) is 2.39. The van der Waals surface area contributed by atoms with Crippen molar-refractivity contribution in [3.8, 4) is 5.75 Å². The maximum absolute atomic E-state index is 12.5. The van der Waals surface area contributed by atoms with Gasteiger partial charge >= 0.3 is 6.18 Å². The van der Waals surface area contributed by atoms with Crippen LogP contribution in [0.1, 0.15) is 11.4 Å². The van der Waals surface area contributed by atoms with Gasteiger partial charge < -0.3 is 4.74 Å². The van der Waals surface area contributed by atoms with Crippen LogP contribution in [-0.2, 0) is 12.8 Å². The van der Waals surface area contributed by atoms with Gasteiger partial charge in [-0.15, -0.1) is 0 Å². The van der Waals surface area contributed by atoms with Gasteiger partial charge in [-0.1, -0.05) is 17.7 Å². The summed E-state index contributed by atoms with van der Waals surface area (Å²) in [5.74, 6) is 0.416. The summed E-state index contributed by atoms with van der Waals surface area (Å²) in [5.41, 5.74) is -0.760. The summed E-state index contributed by atoms with van der Waals surface area (Å²) in [4.78, 5) is 7.25. The monoisotopic (exact) mass is 288 g/mol. The molecule has 0 saturated carbocycles. The Morgan fingerprint density at radius 3 is 2.68 bits per heavy atom. The van der Waals surface area contributed by atoms with Crippen LogP contribution >= 0.6 is 11.6 Å². The van der Waals surface area contributed by atoms with Crippen molar-refractivity contribution in [1.82, 2.24) is 9.97 Å². The number of alkyl halides is 3. The molecular weight excluding hydrogens is 281 g/mol. The summed E-state index contributed by atoms with van der Waals surface area (Å²) in [5, 5.41) is 0.245. The van der Waals surface area contributed by atoms with Crippen molar-refractivity contribution in [2.75, 3.05) is 0 Å². The minimum atomic E-state index is -4.46. The summed E-state index contributed by atoms with van der Waals surface area (Å²) >= 11 is 5.66. The van der Waals surface area contributed by atoms with Crippen molar-refractivity contribution >= 4 is 11.6 Å². The molecule has 19 heavy (non-hydrogen) atoms. The number of hydrogen-bond donors (Lipinski definition) is 0. The second-order valence-corrected chi connectivity index (χ2v) is 4.00. The first-order valence-corrected chi connectivity index (χ1v) is 5.60. The van der Waals surface area contributed by atoms with Gasteiger partial charge in [0.05, 0.1) is 5.69 Å². The van der Waals surface area contributed by atoms with Crippen LogP contribution in [0.5, 0.6) is 5.75 Å². The molecule has 2 heterocycles. The van der Waals surface area contributed by atoms with Crippen molar-refractivity contribution < 1.29 is 17.9 Å². The molecule has 100 valence electrons. The van der Waals surface area contributed by atoms with Crippen molar-refractivity contribution in [3.05, 3.63) is 53.1 Å². The Hall–Kier alpha value is -1.82. The average molecular weight is 289 g/mol. The number of hydrogen-bond acceptors (Lipinski definition) is 3. The van der Waals surface area contributed by atoms with E-state index in [-0.39, 0.29) is 17.5 Å². The first-order chi connectivity index (χ1) is 8.95. The van der Waals surface area contributed by atoms with Gasteiger partial charge in [0.1, 0.15) is 23.2 Å². The van der Waals surface area contributed by atoms with E-state index < -0.39 is 11.9 Å². The highest BCUT2D eigenvalue weighted by atomic mass is 35.5. The first-order valence-electron chi connectivity index (χ1n) is 5.22. The van der Waals surface area contributed by atoms with E-state index in [1.54, 1.807) is 6.07 Å². The van der Waals surface area contributed by atoms with E-state index in [4.69, 9.17) is 16.3 Å². The Morgan fingerprint density at radius 1 is 1.21 bits per heavy atom. The van der Waals surface area contributed by atoms with Gasteiger partial charge in [-0.25, -0.2) is 9.97 Å². The molecule has 3 nitrogen and oxygen atoms in total. The molecule has 0 bridgehead atoms. The fourth-order valence-corrected chi connectivity index (χ4v) is 1.51. The van der Waals surface area contributed by atoms with E-state index in [2.05, 4.69) is 9.97 Å². The molecule has 0 N–H and O–H groups in total. The number of pyridine rings is 2. The van der Waals surface area contributed by atoms with Crippen LogP contribution in [0.2, 0.25) is 5.15 Å². The lowest BCUT2D eigenvalue weighted by Gasteiger charge is -2.09. The molecule has 0 unspecified atom stereocenters.